The number of nitrogens with one attached hydrogen (secondary N) is 1. The van der Waals surface area contributed by atoms with E-state index < -0.39 is 24.8 Å². The van der Waals surface area contributed by atoms with Crippen molar-refractivity contribution < 1.29 is 22.0 Å². The second kappa shape index (κ2) is 4.50. The lowest BCUT2D eigenvalue weighted by Gasteiger charge is -2.11. The highest BCUT2D eigenvalue weighted by atomic mass is 19.4. The maximum absolute atomic E-state index is 12.2. The van der Waals surface area contributed by atoms with E-state index in [0.29, 0.717) is 6.07 Å². The normalized spacial score (nSPS) is 11.9. The quantitative estimate of drug-likeness (QED) is 0.798. The molecule has 0 amide bonds. The van der Waals surface area contributed by atoms with E-state index in [4.69, 9.17) is 5.73 Å². The summed E-state index contributed by atoms with van der Waals surface area (Å²) in [6, 6.07) is 0.595. The number of pyridine rings is 1. The van der Waals surface area contributed by atoms with Gasteiger partial charge in [0.15, 0.2) is 0 Å². The second-order valence-electron chi connectivity index (χ2n) is 2.93. The Morgan fingerprint density at radius 1 is 1.38 bits per heavy atom. The molecule has 1 aromatic heterocycles. The smallest absolute Gasteiger partial charge is 0.396 e. The third-order valence-electron chi connectivity index (χ3n) is 1.67. The standard InChI is InChI=1S/C8H8F5N3/c9-7(10)3-15-5-1-6(8(11,12)13)16-2-4(5)14/h1-2,7H,3,14H2,(H,15,16). The Morgan fingerprint density at radius 3 is 2.50 bits per heavy atom. The number of halogens is 5. The summed E-state index contributed by atoms with van der Waals surface area (Å²) in [6.45, 7) is -0.772. The number of nitrogens with zero attached hydrogens (tertiary/aromatic N) is 1. The van der Waals surface area contributed by atoms with Crippen molar-refractivity contribution in [3.05, 3.63) is 18.0 Å². The number of hydrogen-bond acceptors (Lipinski definition) is 3. The van der Waals surface area contributed by atoms with Crippen LogP contribution in [0.3, 0.4) is 0 Å². The van der Waals surface area contributed by atoms with Crippen LogP contribution in [0.2, 0.25) is 0 Å². The van der Waals surface area contributed by atoms with E-state index in [1.54, 1.807) is 0 Å². The van der Waals surface area contributed by atoms with Crippen LogP contribution < -0.4 is 11.1 Å². The van der Waals surface area contributed by atoms with Gasteiger partial charge in [-0.25, -0.2) is 13.8 Å². The predicted molar refractivity (Wildman–Crippen MR) is 48.1 cm³/mol. The first-order valence-electron chi connectivity index (χ1n) is 4.15. The number of aromatic nitrogens is 1. The Labute approximate surface area is 87.5 Å². The van der Waals surface area contributed by atoms with Crippen LogP contribution in [0.1, 0.15) is 5.69 Å². The van der Waals surface area contributed by atoms with Crippen molar-refractivity contribution in [1.82, 2.24) is 4.98 Å². The second-order valence-corrected chi connectivity index (χ2v) is 2.93. The van der Waals surface area contributed by atoms with Crippen LogP contribution in [0.4, 0.5) is 33.3 Å². The van der Waals surface area contributed by atoms with Crippen molar-refractivity contribution in [2.75, 3.05) is 17.6 Å². The molecule has 0 saturated carbocycles. The predicted octanol–water partition coefficient (Wildman–Crippen LogP) is 2.36. The molecule has 0 aromatic carbocycles. The number of anilines is 2. The van der Waals surface area contributed by atoms with Gasteiger partial charge in [0.25, 0.3) is 6.43 Å². The molecule has 8 heteroatoms. The van der Waals surface area contributed by atoms with E-state index in [2.05, 4.69) is 10.3 Å². The Bertz CT molecular complexity index is 363. The molecule has 0 aliphatic carbocycles. The van der Waals surface area contributed by atoms with Gasteiger partial charge in [-0.05, 0) is 6.07 Å². The minimum absolute atomic E-state index is 0.117. The molecule has 0 bridgehead atoms. The summed E-state index contributed by atoms with van der Waals surface area (Å²) in [4.78, 5) is 3.06. The Kier molecular flexibility index (Phi) is 3.51. The number of nitrogens with two attached hydrogens (primary N) is 1. The largest absolute Gasteiger partial charge is 0.433 e. The highest BCUT2D eigenvalue weighted by Gasteiger charge is 2.32. The summed E-state index contributed by atoms with van der Waals surface area (Å²) in [5.41, 5.74) is 3.78. The molecule has 0 spiro atoms. The number of alkyl halides is 5. The van der Waals surface area contributed by atoms with Crippen LogP contribution in [0, 0.1) is 0 Å². The number of hydrogen-bond donors (Lipinski definition) is 2. The molecule has 0 fully saturated rings. The van der Waals surface area contributed by atoms with Crippen molar-refractivity contribution in [3.63, 3.8) is 0 Å². The molecule has 0 aliphatic heterocycles. The minimum atomic E-state index is -4.63. The summed E-state index contributed by atoms with van der Waals surface area (Å²) >= 11 is 0. The maximum Gasteiger partial charge on any atom is 0.433 e. The molecule has 1 heterocycles. The average molecular weight is 241 g/mol. The lowest BCUT2D eigenvalue weighted by Crippen LogP contribution is -2.14. The SMILES string of the molecule is Nc1cnc(C(F)(F)F)cc1NCC(F)F. The fraction of sp³-hybridized carbons (Fsp3) is 0.375. The third kappa shape index (κ3) is 3.21. The minimum Gasteiger partial charge on any atom is -0.396 e. The first-order valence-corrected chi connectivity index (χ1v) is 4.15. The van der Waals surface area contributed by atoms with Gasteiger partial charge in [-0.3, -0.25) is 0 Å². The van der Waals surface area contributed by atoms with Crippen LogP contribution in [0.15, 0.2) is 12.3 Å². The highest BCUT2D eigenvalue weighted by Crippen LogP contribution is 2.30. The molecule has 3 N–H and O–H groups in total. The van der Waals surface area contributed by atoms with Crippen molar-refractivity contribution in [2.45, 2.75) is 12.6 Å². The lowest BCUT2D eigenvalue weighted by molar-refractivity contribution is -0.141. The van der Waals surface area contributed by atoms with Crippen molar-refractivity contribution >= 4 is 11.4 Å². The lowest BCUT2D eigenvalue weighted by atomic mass is 10.2. The summed E-state index contributed by atoms with van der Waals surface area (Å²) in [5.74, 6) is 0. The van der Waals surface area contributed by atoms with Crippen LogP contribution >= 0.6 is 0 Å². The van der Waals surface area contributed by atoms with E-state index in [1.807, 2.05) is 0 Å². The molecule has 16 heavy (non-hydrogen) atoms. The number of rotatable bonds is 3. The molecule has 1 aromatic rings. The monoisotopic (exact) mass is 241 g/mol. The van der Waals surface area contributed by atoms with Crippen LogP contribution in [0.25, 0.3) is 0 Å². The molecule has 0 atom stereocenters. The Hall–Kier alpha value is -1.60. The molecule has 90 valence electrons. The van der Waals surface area contributed by atoms with Gasteiger partial charge in [0.05, 0.1) is 24.1 Å². The van der Waals surface area contributed by atoms with E-state index >= 15 is 0 Å². The summed E-state index contributed by atoms with van der Waals surface area (Å²) < 4.78 is 60.3. The molecular weight excluding hydrogens is 233 g/mol. The van der Waals surface area contributed by atoms with Crippen LogP contribution in [-0.4, -0.2) is 18.0 Å². The van der Waals surface area contributed by atoms with E-state index in [1.165, 1.54) is 0 Å². The third-order valence-corrected chi connectivity index (χ3v) is 1.67. The maximum atomic E-state index is 12.2. The summed E-state index contributed by atoms with van der Waals surface area (Å²) in [5, 5.41) is 2.11. The van der Waals surface area contributed by atoms with Gasteiger partial charge in [-0.1, -0.05) is 0 Å². The van der Waals surface area contributed by atoms with Gasteiger partial charge in [-0.15, -0.1) is 0 Å². The fourth-order valence-electron chi connectivity index (χ4n) is 0.961. The molecule has 0 saturated heterocycles. The molecule has 3 nitrogen and oxygen atoms in total. The first-order chi connectivity index (χ1) is 7.30. The fourth-order valence-corrected chi connectivity index (χ4v) is 0.961. The Morgan fingerprint density at radius 2 is 2.00 bits per heavy atom. The zero-order valence-electron chi connectivity index (χ0n) is 7.85. The molecule has 0 unspecified atom stereocenters. The van der Waals surface area contributed by atoms with Gasteiger partial charge in [0.2, 0.25) is 0 Å². The summed E-state index contributed by atoms with van der Waals surface area (Å²) in [6.07, 6.45) is -6.53. The first kappa shape index (κ1) is 12.5. The van der Waals surface area contributed by atoms with E-state index in [9.17, 15) is 22.0 Å². The molecular formula is C8H8F5N3. The average Bonchev–Trinajstić information content (AvgIpc) is 2.14. The van der Waals surface area contributed by atoms with E-state index in [0.717, 1.165) is 6.20 Å². The molecule has 0 radical (unpaired) electrons. The van der Waals surface area contributed by atoms with Crippen molar-refractivity contribution in [3.8, 4) is 0 Å². The van der Waals surface area contributed by atoms with Gasteiger partial charge >= 0.3 is 6.18 Å². The van der Waals surface area contributed by atoms with Crippen molar-refractivity contribution in [2.24, 2.45) is 0 Å². The molecule has 1 rings (SSSR count). The van der Waals surface area contributed by atoms with Gasteiger partial charge < -0.3 is 11.1 Å². The van der Waals surface area contributed by atoms with Crippen molar-refractivity contribution in [1.29, 1.82) is 0 Å². The van der Waals surface area contributed by atoms with Crippen LogP contribution in [-0.2, 0) is 6.18 Å². The van der Waals surface area contributed by atoms with Gasteiger partial charge in [0.1, 0.15) is 5.69 Å². The van der Waals surface area contributed by atoms with Crippen LogP contribution in [0.5, 0.6) is 0 Å². The molecule has 0 aliphatic rings. The topological polar surface area (TPSA) is 50.9 Å². The highest BCUT2D eigenvalue weighted by molar-refractivity contribution is 5.65. The van der Waals surface area contributed by atoms with Gasteiger partial charge in [-0.2, -0.15) is 13.2 Å². The zero-order valence-corrected chi connectivity index (χ0v) is 7.85. The zero-order chi connectivity index (χ0) is 12.3. The van der Waals surface area contributed by atoms with Gasteiger partial charge in [0, 0.05) is 0 Å². The number of nitrogen functional groups attached to an aromatic ring is 1. The van der Waals surface area contributed by atoms with E-state index in [-0.39, 0.29) is 11.4 Å². The Balaban J connectivity index is 2.91. The summed E-state index contributed by atoms with van der Waals surface area (Å²) in [7, 11) is 0.